The number of rotatable bonds is 3. The van der Waals surface area contributed by atoms with Crippen molar-refractivity contribution in [2.24, 2.45) is 5.10 Å². The maximum atomic E-state index is 4.30. The van der Waals surface area contributed by atoms with Gasteiger partial charge in [0, 0.05) is 19.6 Å². The molecule has 0 spiro atoms. The number of thiophene rings is 2. The molecule has 3 rings (SSSR count). The third-order valence-electron chi connectivity index (χ3n) is 2.92. The number of hydrogen-bond donors (Lipinski definition) is 1. The van der Waals surface area contributed by atoms with Gasteiger partial charge in [0.1, 0.15) is 11.2 Å². The predicted octanol–water partition coefficient (Wildman–Crippen LogP) is 4.58. The molecule has 3 aromatic heterocycles. The van der Waals surface area contributed by atoms with E-state index in [2.05, 4.69) is 50.3 Å². The van der Waals surface area contributed by atoms with Gasteiger partial charge in [0.15, 0.2) is 5.82 Å². The quantitative estimate of drug-likeness (QED) is 0.545. The number of hydrogen-bond acceptors (Lipinski definition) is 6. The summed E-state index contributed by atoms with van der Waals surface area (Å²) in [5.74, 6) is 0.753. The van der Waals surface area contributed by atoms with Gasteiger partial charge in [0.2, 0.25) is 0 Å². The summed E-state index contributed by atoms with van der Waals surface area (Å²) < 4.78 is 1.07. The van der Waals surface area contributed by atoms with Gasteiger partial charge in [-0.25, -0.2) is 9.97 Å². The average molecular weight is 367 g/mol. The lowest BCUT2D eigenvalue weighted by Gasteiger charge is -2.01. The monoisotopic (exact) mass is 366 g/mol. The van der Waals surface area contributed by atoms with E-state index in [9.17, 15) is 0 Å². The second kappa shape index (κ2) is 5.59. The molecule has 0 atom stereocenters. The molecule has 0 aromatic carbocycles. The molecule has 20 heavy (non-hydrogen) atoms. The van der Waals surface area contributed by atoms with Gasteiger partial charge < -0.3 is 0 Å². The molecule has 3 aromatic rings. The fraction of sp³-hybridized carbons (Fsp3) is 0.154. The highest BCUT2D eigenvalue weighted by Crippen LogP contribution is 2.32. The fourth-order valence-corrected chi connectivity index (χ4v) is 4.12. The van der Waals surface area contributed by atoms with Gasteiger partial charge in [-0.15, -0.1) is 22.7 Å². The van der Waals surface area contributed by atoms with E-state index in [-0.39, 0.29) is 0 Å². The molecule has 0 fully saturated rings. The van der Waals surface area contributed by atoms with Crippen molar-refractivity contribution in [3.63, 3.8) is 0 Å². The highest BCUT2D eigenvalue weighted by Gasteiger charge is 2.11. The maximum absolute atomic E-state index is 4.30. The number of nitrogens with one attached hydrogen (secondary N) is 1. The largest absolute Gasteiger partial charge is 0.261 e. The minimum atomic E-state index is 0.753. The molecule has 0 aliphatic rings. The smallest absolute Gasteiger partial charge is 0.158 e. The summed E-state index contributed by atoms with van der Waals surface area (Å²) in [6.45, 7) is 4.18. The number of anilines is 1. The van der Waals surface area contributed by atoms with Crippen LogP contribution in [0.5, 0.6) is 0 Å². The lowest BCUT2D eigenvalue weighted by molar-refractivity contribution is 1.19. The van der Waals surface area contributed by atoms with E-state index < -0.39 is 0 Å². The summed E-state index contributed by atoms with van der Waals surface area (Å²) in [6, 6.07) is 2.02. The summed E-state index contributed by atoms with van der Waals surface area (Å²) in [5, 5.41) is 7.33. The van der Waals surface area contributed by atoms with Gasteiger partial charge in [-0.3, -0.25) is 5.43 Å². The molecule has 0 unspecified atom stereocenters. The predicted molar refractivity (Wildman–Crippen MR) is 90.1 cm³/mol. The Bertz CT molecular complexity index is 791. The Kier molecular flexibility index (Phi) is 3.82. The van der Waals surface area contributed by atoms with Crippen molar-refractivity contribution < 1.29 is 0 Å². The zero-order chi connectivity index (χ0) is 14.1. The second-order valence-corrected chi connectivity index (χ2v) is 7.28. The average Bonchev–Trinajstić information content (AvgIpc) is 2.95. The van der Waals surface area contributed by atoms with Crippen LogP contribution in [0.3, 0.4) is 0 Å². The van der Waals surface area contributed by atoms with Crippen molar-refractivity contribution in [3.8, 4) is 0 Å². The summed E-state index contributed by atoms with van der Waals surface area (Å²) >= 11 is 6.73. The summed E-state index contributed by atoms with van der Waals surface area (Å²) in [7, 11) is 0. The third kappa shape index (κ3) is 2.61. The SMILES string of the molecule is Cc1sc2ncnc(N/N=C/c3cc(Br)cs3)c2c1C. The zero-order valence-electron chi connectivity index (χ0n) is 10.8. The van der Waals surface area contributed by atoms with Crippen LogP contribution in [0, 0.1) is 13.8 Å². The molecule has 0 amide bonds. The molecule has 1 N–H and O–H groups in total. The van der Waals surface area contributed by atoms with Crippen LogP contribution in [-0.4, -0.2) is 16.2 Å². The summed E-state index contributed by atoms with van der Waals surface area (Å²) in [4.78, 5) is 11.9. The number of nitrogens with zero attached hydrogens (tertiary/aromatic N) is 3. The Morgan fingerprint density at radius 1 is 1.35 bits per heavy atom. The van der Waals surface area contributed by atoms with Gasteiger partial charge in [-0.1, -0.05) is 0 Å². The van der Waals surface area contributed by atoms with Crippen LogP contribution in [0.4, 0.5) is 5.82 Å². The highest BCUT2D eigenvalue weighted by atomic mass is 79.9. The Balaban J connectivity index is 1.89. The van der Waals surface area contributed by atoms with Crippen molar-refractivity contribution in [1.29, 1.82) is 0 Å². The minimum Gasteiger partial charge on any atom is -0.261 e. The van der Waals surface area contributed by atoms with E-state index in [1.807, 2.05) is 11.4 Å². The molecule has 0 saturated heterocycles. The first-order valence-electron chi connectivity index (χ1n) is 5.89. The van der Waals surface area contributed by atoms with Crippen molar-refractivity contribution in [2.45, 2.75) is 13.8 Å². The van der Waals surface area contributed by atoms with Gasteiger partial charge in [0.25, 0.3) is 0 Å². The Morgan fingerprint density at radius 2 is 2.20 bits per heavy atom. The van der Waals surface area contributed by atoms with E-state index in [1.165, 1.54) is 10.4 Å². The zero-order valence-corrected chi connectivity index (χ0v) is 14.1. The van der Waals surface area contributed by atoms with Crippen LogP contribution in [-0.2, 0) is 0 Å². The summed E-state index contributed by atoms with van der Waals surface area (Å²) in [5.41, 5.74) is 4.23. The van der Waals surface area contributed by atoms with Crippen LogP contribution in [0.1, 0.15) is 15.3 Å². The molecular weight excluding hydrogens is 356 g/mol. The van der Waals surface area contributed by atoms with E-state index in [0.717, 1.165) is 25.4 Å². The van der Waals surface area contributed by atoms with Crippen LogP contribution >= 0.6 is 38.6 Å². The number of fused-ring (bicyclic) bond motifs is 1. The van der Waals surface area contributed by atoms with E-state index in [0.29, 0.717) is 0 Å². The van der Waals surface area contributed by atoms with E-state index in [1.54, 1.807) is 35.2 Å². The van der Waals surface area contributed by atoms with Crippen molar-refractivity contribution >= 4 is 60.9 Å². The Morgan fingerprint density at radius 3 is 2.95 bits per heavy atom. The van der Waals surface area contributed by atoms with E-state index in [4.69, 9.17) is 0 Å². The van der Waals surface area contributed by atoms with Crippen molar-refractivity contribution in [3.05, 3.63) is 37.6 Å². The van der Waals surface area contributed by atoms with Gasteiger partial charge in [-0.05, 0) is 41.4 Å². The van der Waals surface area contributed by atoms with Crippen LogP contribution in [0.25, 0.3) is 10.2 Å². The number of halogens is 1. The summed E-state index contributed by atoms with van der Waals surface area (Å²) in [6.07, 6.45) is 3.36. The lowest BCUT2D eigenvalue weighted by Crippen LogP contribution is -1.94. The number of aryl methyl sites for hydroxylation is 2. The lowest BCUT2D eigenvalue weighted by atomic mass is 10.2. The van der Waals surface area contributed by atoms with Crippen LogP contribution < -0.4 is 5.43 Å². The first-order chi connectivity index (χ1) is 9.65. The van der Waals surface area contributed by atoms with Crippen molar-refractivity contribution in [2.75, 3.05) is 5.43 Å². The third-order valence-corrected chi connectivity index (χ3v) is 5.66. The van der Waals surface area contributed by atoms with Crippen LogP contribution in [0.15, 0.2) is 27.3 Å². The molecule has 3 heterocycles. The Hall–Kier alpha value is -1.31. The maximum Gasteiger partial charge on any atom is 0.158 e. The highest BCUT2D eigenvalue weighted by molar-refractivity contribution is 9.10. The molecular formula is C13H11BrN4S2. The van der Waals surface area contributed by atoms with Gasteiger partial charge in [-0.2, -0.15) is 5.10 Å². The molecule has 102 valence electrons. The normalized spacial score (nSPS) is 11.6. The molecule has 0 saturated carbocycles. The first kappa shape index (κ1) is 13.7. The molecule has 4 nitrogen and oxygen atoms in total. The topological polar surface area (TPSA) is 50.2 Å². The van der Waals surface area contributed by atoms with Gasteiger partial charge in [0.05, 0.1) is 11.6 Å². The first-order valence-corrected chi connectivity index (χ1v) is 8.38. The number of aromatic nitrogens is 2. The minimum absolute atomic E-state index is 0.753. The van der Waals surface area contributed by atoms with Crippen molar-refractivity contribution in [1.82, 2.24) is 9.97 Å². The second-order valence-electron chi connectivity index (χ2n) is 4.22. The molecule has 0 aliphatic carbocycles. The van der Waals surface area contributed by atoms with Crippen LogP contribution in [0.2, 0.25) is 0 Å². The molecule has 0 aliphatic heterocycles. The molecule has 0 bridgehead atoms. The molecule has 0 radical (unpaired) electrons. The fourth-order valence-electron chi connectivity index (χ4n) is 1.82. The molecule has 7 heteroatoms. The number of hydrazone groups is 1. The Labute approximate surface area is 132 Å². The van der Waals surface area contributed by atoms with E-state index >= 15 is 0 Å². The van der Waals surface area contributed by atoms with Gasteiger partial charge >= 0.3 is 0 Å². The standard InChI is InChI=1S/C13H11BrN4S2/c1-7-8(2)20-13-11(7)12(15-6-16-13)18-17-4-10-3-9(14)5-19-10/h3-6H,1-2H3,(H,15,16,18)/b17-4+.